The lowest BCUT2D eigenvalue weighted by Gasteiger charge is -2.22. The van der Waals surface area contributed by atoms with Crippen molar-refractivity contribution in [2.24, 2.45) is 0 Å². The summed E-state index contributed by atoms with van der Waals surface area (Å²) in [6, 6.07) is 24.1. The summed E-state index contributed by atoms with van der Waals surface area (Å²) >= 11 is 0. The Morgan fingerprint density at radius 1 is 0.656 bits per heavy atom. The molecule has 0 aliphatic rings. The normalized spacial score (nSPS) is 11.4. The molecule has 32 heavy (non-hydrogen) atoms. The van der Waals surface area contributed by atoms with E-state index in [4.69, 9.17) is 0 Å². The van der Waals surface area contributed by atoms with Gasteiger partial charge in [0.05, 0.1) is 5.44 Å². The van der Waals surface area contributed by atoms with Crippen molar-refractivity contribution in [2.45, 2.75) is 53.4 Å². The first kappa shape index (κ1) is 22.5. The van der Waals surface area contributed by atoms with Crippen LogP contribution in [0, 0.1) is 0 Å². The maximum absolute atomic E-state index is 13.0. The molecule has 0 spiro atoms. The average molecular weight is 442 g/mol. The first-order chi connectivity index (χ1) is 15.6. The van der Waals surface area contributed by atoms with Crippen molar-refractivity contribution < 1.29 is 0 Å². The smallest absolute Gasteiger partial charge is 0.256 e. The number of aromatic amines is 1. The molecule has 4 rings (SSSR count). The number of nitrogens with one attached hydrogen (secondary N) is 1. The molecule has 0 fully saturated rings. The summed E-state index contributed by atoms with van der Waals surface area (Å²) in [7, 11) is -0.879. The van der Waals surface area contributed by atoms with Crippen LogP contribution in [0.3, 0.4) is 0 Å². The highest BCUT2D eigenvalue weighted by Gasteiger charge is 2.21. The van der Waals surface area contributed by atoms with Crippen molar-refractivity contribution in [3.8, 4) is 0 Å². The van der Waals surface area contributed by atoms with E-state index in [1.807, 2.05) is 24.3 Å². The summed E-state index contributed by atoms with van der Waals surface area (Å²) in [5, 5.41) is 4.39. The van der Waals surface area contributed by atoms with Gasteiger partial charge in [0.15, 0.2) is 0 Å². The van der Waals surface area contributed by atoms with E-state index in [0.29, 0.717) is 0 Å². The number of H-pyrrole nitrogens is 1. The van der Waals surface area contributed by atoms with Gasteiger partial charge in [-0.3, -0.25) is 4.79 Å². The lowest BCUT2D eigenvalue weighted by molar-refractivity contribution is 1.09. The van der Waals surface area contributed by atoms with Crippen LogP contribution >= 0.6 is 7.92 Å². The molecule has 3 heteroatoms. The second kappa shape index (κ2) is 9.84. The van der Waals surface area contributed by atoms with E-state index >= 15 is 0 Å². The molecule has 0 bridgehead atoms. The van der Waals surface area contributed by atoms with E-state index in [0.717, 1.165) is 41.9 Å². The summed E-state index contributed by atoms with van der Waals surface area (Å²) in [4.78, 5) is 16.3. The van der Waals surface area contributed by atoms with Gasteiger partial charge in [0.1, 0.15) is 0 Å². The molecule has 0 amide bonds. The largest absolute Gasteiger partial charge is 0.321 e. The minimum Gasteiger partial charge on any atom is -0.321 e. The number of hydrogen-bond acceptors (Lipinski definition) is 1. The number of benzene rings is 3. The van der Waals surface area contributed by atoms with Crippen molar-refractivity contribution in [3.63, 3.8) is 0 Å². The highest BCUT2D eigenvalue weighted by Crippen LogP contribution is 2.34. The van der Waals surface area contributed by atoms with Crippen LogP contribution in [-0.2, 0) is 25.7 Å². The molecule has 3 aromatic carbocycles. The van der Waals surface area contributed by atoms with Gasteiger partial charge in [0, 0.05) is 13.3 Å². The average Bonchev–Trinajstić information content (AvgIpc) is 2.83. The second-order valence-corrected chi connectivity index (χ2v) is 10.5. The molecule has 4 aromatic rings. The van der Waals surface area contributed by atoms with E-state index in [1.165, 1.54) is 32.9 Å². The van der Waals surface area contributed by atoms with E-state index < -0.39 is 7.92 Å². The molecule has 1 N–H and O–H groups in total. The van der Waals surface area contributed by atoms with Crippen LogP contribution in [0.25, 0.3) is 10.8 Å². The molecule has 1 aromatic heterocycles. The van der Waals surface area contributed by atoms with Gasteiger partial charge in [-0.25, -0.2) is 0 Å². The Balaban J connectivity index is 2.01. The minimum absolute atomic E-state index is 0.00433. The number of hydrogen-bond donors (Lipinski definition) is 1. The topological polar surface area (TPSA) is 32.9 Å². The fraction of sp³-hybridized carbons (Fsp3) is 0.276. The summed E-state index contributed by atoms with van der Waals surface area (Å²) in [5.74, 6) is 0. The fourth-order valence-electron chi connectivity index (χ4n) is 4.31. The Hall–Kier alpha value is -2.70. The third-order valence-electron chi connectivity index (χ3n) is 6.20. The predicted molar refractivity (Wildman–Crippen MR) is 141 cm³/mol. The van der Waals surface area contributed by atoms with Crippen LogP contribution in [0.4, 0.5) is 0 Å². The van der Waals surface area contributed by atoms with E-state index in [2.05, 4.69) is 75.1 Å². The van der Waals surface area contributed by atoms with E-state index in [-0.39, 0.29) is 5.56 Å². The van der Waals surface area contributed by atoms with Crippen molar-refractivity contribution in [1.82, 2.24) is 4.98 Å². The quantitative estimate of drug-likeness (QED) is 0.376. The standard InChI is InChI=1S/C29H32NOP/c1-5-20-13-21(6-2)16-25(15-20)32(26-17-22(7-3)14-23(8-4)18-26)28-19-24-11-9-10-12-27(24)29(31)30-28/h9-19H,5-8H2,1-4H3,(H,30,31). The van der Waals surface area contributed by atoms with Gasteiger partial charge in [0.2, 0.25) is 0 Å². The molecular weight excluding hydrogens is 409 g/mol. The third kappa shape index (κ3) is 4.57. The number of fused-ring (bicyclic) bond motifs is 1. The van der Waals surface area contributed by atoms with Crippen LogP contribution < -0.4 is 21.6 Å². The number of pyridine rings is 1. The molecule has 0 aliphatic carbocycles. The molecule has 1 heterocycles. The summed E-state index contributed by atoms with van der Waals surface area (Å²) < 4.78 is 0. The maximum Gasteiger partial charge on any atom is 0.256 e. The van der Waals surface area contributed by atoms with Gasteiger partial charge in [-0.2, -0.15) is 0 Å². The predicted octanol–water partition coefficient (Wildman–Crippen LogP) is 5.54. The van der Waals surface area contributed by atoms with E-state index in [1.54, 1.807) is 0 Å². The third-order valence-corrected chi connectivity index (χ3v) is 8.48. The lowest BCUT2D eigenvalue weighted by atomic mass is 10.1. The van der Waals surface area contributed by atoms with Crippen molar-refractivity contribution >= 4 is 34.7 Å². The first-order valence-electron chi connectivity index (χ1n) is 11.7. The summed E-state index contributed by atoms with van der Waals surface area (Å²) in [6.07, 6.45) is 4.03. The summed E-state index contributed by atoms with van der Waals surface area (Å²) in [5.41, 5.74) is 6.45. The lowest BCUT2D eigenvalue weighted by Crippen LogP contribution is -2.28. The van der Waals surface area contributed by atoms with Gasteiger partial charge >= 0.3 is 0 Å². The molecule has 0 radical (unpaired) electrons. The summed E-state index contributed by atoms with van der Waals surface area (Å²) in [6.45, 7) is 8.86. The Labute approximate surface area is 192 Å². The molecule has 164 valence electrons. The Morgan fingerprint density at radius 2 is 1.12 bits per heavy atom. The van der Waals surface area contributed by atoms with E-state index in [9.17, 15) is 4.79 Å². The van der Waals surface area contributed by atoms with Crippen LogP contribution in [0.15, 0.2) is 71.5 Å². The number of rotatable bonds is 7. The van der Waals surface area contributed by atoms with Crippen LogP contribution in [0.2, 0.25) is 0 Å². The zero-order chi connectivity index (χ0) is 22.7. The monoisotopic (exact) mass is 441 g/mol. The molecule has 0 saturated heterocycles. The fourth-order valence-corrected chi connectivity index (χ4v) is 6.82. The van der Waals surface area contributed by atoms with Crippen LogP contribution in [0.5, 0.6) is 0 Å². The molecule has 0 aliphatic heterocycles. The van der Waals surface area contributed by atoms with Gasteiger partial charge in [0.25, 0.3) is 5.56 Å². The zero-order valence-electron chi connectivity index (χ0n) is 19.5. The molecular formula is C29H32NOP. The van der Waals surface area contributed by atoms with Gasteiger partial charge < -0.3 is 4.98 Å². The molecule has 0 atom stereocenters. The van der Waals surface area contributed by atoms with Gasteiger partial charge in [-0.05, 0) is 76.1 Å². The highest BCUT2D eigenvalue weighted by molar-refractivity contribution is 7.79. The van der Waals surface area contributed by atoms with Crippen LogP contribution in [0.1, 0.15) is 49.9 Å². The molecule has 2 nitrogen and oxygen atoms in total. The SMILES string of the molecule is CCc1cc(CC)cc(P(c2cc(CC)cc(CC)c2)c2cc3ccccc3c(=O)[nH]2)c1. The molecule has 0 saturated carbocycles. The number of aryl methyl sites for hydroxylation is 4. The van der Waals surface area contributed by atoms with Gasteiger partial charge in [-0.15, -0.1) is 0 Å². The van der Waals surface area contributed by atoms with Crippen LogP contribution in [-0.4, -0.2) is 4.98 Å². The van der Waals surface area contributed by atoms with Crippen molar-refractivity contribution in [3.05, 3.63) is 99.3 Å². The Bertz CT molecular complexity index is 1200. The first-order valence-corrected chi connectivity index (χ1v) is 13.1. The number of aromatic nitrogens is 1. The highest BCUT2D eigenvalue weighted by atomic mass is 31.1. The maximum atomic E-state index is 13.0. The van der Waals surface area contributed by atoms with Gasteiger partial charge in [-0.1, -0.05) is 82.3 Å². The zero-order valence-corrected chi connectivity index (χ0v) is 20.4. The Morgan fingerprint density at radius 3 is 1.59 bits per heavy atom. The minimum atomic E-state index is -0.879. The van der Waals surface area contributed by atoms with Crippen molar-refractivity contribution in [1.29, 1.82) is 0 Å². The molecule has 0 unspecified atom stereocenters. The van der Waals surface area contributed by atoms with Crippen molar-refractivity contribution in [2.75, 3.05) is 0 Å². The second-order valence-electron chi connectivity index (χ2n) is 8.34. The Kier molecular flexibility index (Phi) is 6.92.